The monoisotopic (exact) mass is 324 g/mol. The van der Waals surface area contributed by atoms with Crippen molar-refractivity contribution < 1.29 is 4.79 Å². The zero-order valence-corrected chi connectivity index (χ0v) is 14.9. The van der Waals surface area contributed by atoms with Crippen molar-refractivity contribution in [3.8, 4) is 0 Å². The Morgan fingerprint density at radius 3 is 2.75 bits per heavy atom. The highest BCUT2D eigenvalue weighted by Crippen LogP contribution is 2.24. The molecule has 0 bridgehead atoms. The third kappa shape index (κ3) is 2.94. The molecule has 0 radical (unpaired) electrons. The van der Waals surface area contributed by atoms with Crippen LogP contribution in [0.1, 0.15) is 41.0 Å². The van der Waals surface area contributed by atoms with E-state index in [1.54, 1.807) is 0 Å². The Morgan fingerprint density at radius 1 is 1.33 bits per heavy atom. The first kappa shape index (κ1) is 16.3. The zero-order chi connectivity index (χ0) is 17.4. The molecular weight excluding hydrogens is 300 g/mol. The minimum absolute atomic E-state index is 0.0243. The normalized spacial score (nSPS) is 12.5. The second-order valence-electron chi connectivity index (χ2n) is 6.55. The Hall–Kier alpha value is -2.56. The average molecular weight is 324 g/mol. The second-order valence-corrected chi connectivity index (χ2v) is 6.55. The van der Waals surface area contributed by atoms with Crippen LogP contribution in [-0.4, -0.2) is 20.7 Å². The van der Waals surface area contributed by atoms with Crippen LogP contribution in [0.3, 0.4) is 0 Å². The maximum absolute atomic E-state index is 12.5. The van der Waals surface area contributed by atoms with Crippen LogP contribution in [0, 0.1) is 20.8 Å². The number of hydrogen-bond donors (Lipinski definition) is 2. The molecule has 2 aromatic heterocycles. The largest absolute Gasteiger partial charge is 0.358 e. The maximum atomic E-state index is 12.5. The summed E-state index contributed by atoms with van der Waals surface area (Å²) in [5.74, 6) is 0.0243. The number of H-pyrrole nitrogens is 1. The highest BCUT2D eigenvalue weighted by atomic mass is 16.1. The lowest BCUT2D eigenvalue weighted by Crippen LogP contribution is -2.28. The molecule has 24 heavy (non-hydrogen) atoms. The SMILES string of the molecule is Cc1ccc2[nH]c(C)c(CC(=O)N[C@@H](C)c3cnn(C)c3C)c2c1. The number of carbonyl (C=O) groups is 1. The molecule has 0 aliphatic carbocycles. The summed E-state index contributed by atoms with van der Waals surface area (Å²) in [4.78, 5) is 15.9. The third-order valence-electron chi connectivity index (χ3n) is 4.73. The van der Waals surface area contributed by atoms with Crippen LogP contribution in [0.15, 0.2) is 24.4 Å². The van der Waals surface area contributed by atoms with Crippen LogP contribution < -0.4 is 5.32 Å². The number of aromatic nitrogens is 3. The lowest BCUT2D eigenvalue weighted by Gasteiger charge is -2.14. The molecule has 0 saturated heterocycles. The third-order valence-corrected chi connectivity index (χ3v) is 4.73. The molecule has 5 heteroatoms. The van der Waals surface area contributed by atoms with Gasteiger partial charge in [-0.2, -0.15) is 5.10 Å². The molecule has 0 aliphatic heterocycles. The second kappa shape index (κ2) is 6.15. The van der Waals surface area contributed by atoms with Gasteiger partial charge in [-0.15, -0.1) is 0 Å². The highest BCUT2D eigenvalue weighted by Gasteiger charge is 2.17. The van der Waals surface area contributed by atoms with E-state index in [0.29, 0.717) is 6.42 Å². The molecule has 2 N–H and O–H groups in total. The van der Waals surface area contributed by atoms with Crippen molar-refractivity contribution in [2.45, 2.75) is 40.2 Å². The summed E-state index contributed by atoms with van der Waals surface area (Å²) >= 11 is 0. The molecule has 0 unspecified atom stereocenters. The summed E-state index contributed by atoms with van der Waals surface area (Å²) < 4.78 is 1.82. The smallest absolute Gasteiger partial charge is 0.224 e. The van der Waals surface area contributed by atoms with Crippen molar-refractivity contribution in [3.63, 3.8) is 0 Å². The molecule has 1 atom stereocenters. The van der Waals surface area contributed by atoms with Gasteiger partial charge in [-0.3, -0.25) is 9.48 Å². The fourth-order valence-electron chi connectivity index (χ4n) is 3.20. The molecule has 1 amide bonds. The van der Waals surface area contributed by atoms with E-state index in [0.717, 1.165) is 33.4 Å². The van der Waals surface area contributed by atoms with Gasteiger partial charge in [0.15, 0.2) is 0 Å². The summed E-state index contributed by atoms with van der Waals surface area (Å²) in [7, 11) is 1.91. The number of amides is 1. The number of fused-ring (bicyclic) bond motifs is 1. The highest BCUT2D eigenvalue weighted by molar-refractivity contribution is 5.90. The fourth-order valence-corrected chi connectivity index (χ4v) is 3.20. The molecule has 0 spiro atoms. The van der Waals surface area contributed by atoms with Crippen LogP contribution >= 0.6 is 0 Å². The van der Waals surface area contributed by atoms with Gasteiger partial charge in [-0.25, -0.2) is 0 Å². The van der Waals surface area contributed by atoms with Crippen molar-refractivity contribution in [1.29, 1.82) is 0 Å². The molecule has 1 aromatic carbocycles. The number of aryl methyl sites for hydroxylation is 3. The number of hydrogen-bond acceptors (Lipinski definition) is 2. The van der Waals surface area contributed by atoms with Gasteiger partial charge in [0.25, 0.3) is 0 Å². The number of carbonyl (C=O) groups excluding carboxylic acids is 1. The fraction of sp³-hybridized carbons (Fsp3) is 0.368. The van der Waals surface area contributed by atoms with E-state index in [9.17, 15) is 4.79 Å². The van der Waals surface area contributed by atoms with Gasteiger partial charge in [0.05, 0.1) is 18.7 Å². The number of rotatable bonds is 4. The first-order valence-electron chi connectivity index (χ1n) is 8.22. The predicted octanol–water partition coefficient (Wildman–Crippen LogP) is 3.25. The molecule has 0 saturated carbocycles. The van der Waals surface area contributed by atoms with E-state index in [-0.39, 0.29) is 11.9 Å². The molecule has 5 nitrogen and oxygen atoms in total. The van der Waals surface area contributed by atoms with E-state index >= 15 is 0 Å². The standard InChI is InChI=1S/C19H24N4O/c1-11-6-7-18-16(8-11)15(12(2)21-18)9-19(24)22-13(3)17-10-20-23(5)14(17)4/h6-8,10,13,21H,9H2,1-5H3,(H,22,24)/t13-/m0/s1. The quantitative estimate of drug-likeness (QED) is 0.774. The van der Waals surface area contributed by atoms with Crippen molar-refractivity contribution in [2.24, 2.45) is 7.05 Å². The van der Waals surface area contributed by atoms with Crippen molar-refractivity contribution in [3.05, 3.63) is 52.5 Å². The van der Waals surface area contributed by atoms with Gasteiger partial charge in [0.1, 0.15) is 0 Å². The number of aromatic amines is 1. The van der Waals surface area contributed by atoms with E-state index in [1.807, 2.05) is 38.7 Å². The minimum Gasteiger partial charge on any atom is -0.358 e. The predicted molar refractivity (Wildman–Crippen MR) is 96.0 cm³/mol. The van der Waals surface area contributed by atoms with Crippen LogP contribution in [0.5, 0.6) is 0 Å². The first-order chi connectivity index (χ1) is 11.4. The molecule has 0 fully saturated rings. The molecule has 0 aliphatic rings. The van der Waals surface area contributed by atoms with Crippen molar-refractivity contribution >= 4 is 16.8 Å². The first-order valence-corrected chi connectivity index (χ1v) is 8.22. The minimum atomic E-state index is -0.0570. The topological polar surface area (TPSA) is 62.7 Å². The van der Waals surface area contributed by atoms with Gasteiger partial charge in [-0.05, 0) is 45.4 Å². The van der Waals surface area contributed by atoms with Crippen LogP contribution in [0.4, 0.5) is 0 Å². The number of benzene rings is 1. The Bertz CT molecular complexity index is 904. The van der Waals surface area contributed by atoms with Gasteiger partial charge in [-0.1, -0.05) is 11.6 Å². The average Bonchev–Trinajstić information content (AvgIpc) is 3.00. The van der Waals surface area contributed by atoms with E-state index in [1.165, 1.54) is 5.56 Å². The van der Waals surface area contributed by atoms with Gasteiger partial charge < -0.3 is 10.3 Å². The van der Waals surface area contributed by atoms with Crippen LogP contribution in [-0.2, 0) is 18.3 Å². The van der Waals surface area contributed by atoms with E-state index in [2.05, 4.69) is 40.5 Å². The number of nitrogens with one attached hydrogen (secondary N) is 2. The lowest BCUT2D eigenvalue weighted by atomic mass is 10.0. The van der Waals surface area contributed by atoms with E-state index in [4.69, 9.17) is 0 Å². The van der Waals surface area contributed by atoms with Crippen molar-refractivity contribution in [2.75, 3.05) is 0 Å². The summed E-state index contributed by atoms with van der Waals surface area (Å²) in [5, 5.41) is 8.47. The van der Waals surface area contributed by atoms with Crippen molar-refractivity contribution in [1.82, 2.24) is 20.1 Å². The Balaban J connectivity index is 1.79. The molecule has 126 valence electrons. The van der Waals surface area contributed by atoms with Crippen LogP contribution in [0.25, 0.3) is 10.9 Å². The molecule has 3 aromatic rings. The zero-order valence-electron chi connectivity index (χ0n) is 14.9. The Kier molecular flexibility index (Phi) is 4.18. The summed E-state index contributed by atoms with van der Waals surface area (Å²) in [6, 6.07) is 6.23. The molecular formula is C19H24N4O. The van der Waals surface area contributed by atoms with E-state index < -0.39 is 0 Å². The maximum Gasteiger partial charge on any atom is 0.224 e. The Labute approximate surface area is 142 Å². The summed E-state index contributed by atoms with van der Waals surface area (Å²) in [6.45, 7) is 8.09. The molecule has 3 rings (SSSR count). The molecule has 2 heterocycles. The van der Waals surface area contributed by atoms with Crippen LogP contribution in [0.2, 0.25) is 0 Å². The van der Waals surface area contributed by atoms with Gasteiger partial charge in [0.2, 0.25) is 5.91 Å². The van der Waals surface area contributed by atoms with Gasteiger partial charge >= 0.3 is 0 Å². The van der Waals surface area contributed by atoms with Gasteiger partial charge in [0, 0.05) is 34.9 Å². The Morgan fingerprint density at radius 2 is 2.08 bits per heavy atom. The summed E-state index contributed by atoms with van der Waals surface area (Å²) in [6.07, 6.45) is 2.19. The number of nitrogens with zero attached hydrogens (tertiary/aromatic N) is 2. The summed E-state index contributed by atoms with van der Waals surface area (Å²) in [5.41, 5.74) is 6.52. The lowest BCUT2D eigenvalue weighted by molar-refractivity contribution is -0.121.